The fourth-order valence-corrected chi connectivity index (χ4v) is 1.96. The molecule has 7 heavy (non-hydrogen) atoms. The van der Waals surface area contributed by atoms with E-state index in [1.54, 1.807) is 18.9 Å². The van der Waals surface area contributed by atoms with E-state index in [0.29, 0.717) is 6.04 Å². The molecule has 0 aromatic carbocycles. The number of hydrogen-bond donors (Lipinski definition) is 1. The molecular weight excluding hydrogens is 241 g/mol. The molecule has 0 heterocycles. The summed E-state index contributed by atoms with van der Waals surface area (Å²) in [5.74, 6) is 0. The van der Waals surface area contributed by atoms with Gasteiger partial charge >= 0.3 is 0 Å². The Bertz CT molecular complexity index is 41.9. The SMILES string of the molecule is CC(C)NSSI. The van der Waals surface area contributed by atoms with Gasteiger partial charge in [-0.1, -0.05) is 0 Å². The van der Waals surface area contributed by atoms with Crippen LogP contribution in [0.5, 0.6) is 0 Å². The minimum absolute atomic E-state index is 0.590. The highest BCUT2D eigenvalue weighted by Crippen LogP contribution is 2.25. The van der Waals surface area contributed by atoms with Gasteiger partial charge in [0, 0.05) is 27.2 Å². The van der Waals surface area contributed by atoms with Crippen molar-refractivity contribution in [1.29, 1.82) is 0 Å². The van der Waals surface area contributed by atoms with Crippen molar-refractivity contribution in [2.24, 2.45) is 0 Å². The lowest BCUT2D eigenvalue weighted by atomic mass is 10.4. The number of hydrogen-bond acceptors (Lipinski definition) is 3. The summed E-state index contributed by atoms with van der Waals surface area (Å²) in [6.07, 6.45) is 0. The van der Waals surface area contributed by atoms with Crippen molar-refractivity contribution in [3.63, 3.8) is 0 Å². The van der Waals surface area contributed by atoms with Gasteiger partial charge in [-0.3, -0.25) is 4.72 Å². The van der Waals surface area contributed by atoms with Crippen LogP contribution in [0.25, 0.3) is 0 Å². The standard InChI is InChI=1S/C3H8INS2/c1-3(2)5-7-6-4/h3,5H,1-2H3. The van der Waals surface area contributed by atoms with Crippen LogP contribution in [0.1, 0.15) is 13.8 Å². The summed E-state index contributed by atoms with van der Waals surface area (Å²) in [4.78, 5) is 0. The van der Waals surface area contributed by atoms with Gasteiger partial charge in [-0.25, -0.2) is 0 Å². The highest BCUT2D eigenvalue weighted by Gasteiger charge is 1.87. The molecule has 0 saturated carbocycles. The topological polar surface area (TPSA) is 12.0 Å². The Morgan fingerprint density at radius 1 is 1.57 bits per heavy atom. The van der Waals surface area contributed by atoms with Gasteiger partial charge in [-0.2, -0.15) is 0 Å². The second-order valence-corrected chi connectivity index (χ2v) is 6.06. The molecule has 0 rings (SSSR count). The lowest BCUT2D eigenvalue weighted by Gasteiger charge is -2.00. The van der Waals surface area contributed by atoms with Gasteiger partial charge in [0.15, 0.2) is 0 Å². The molecule has 0 atom stereocenters. The summed E-state index contributed by atoms with van der Waals surface area (Å²) in [5.41, 5.74) is 0. The van der Waals surface area contributed by atoms with Crippen molar-refractivity contribution in [1.82, 2.24) is 4.72 Å². The average molecular weight is 249 g/mol. The fourth-order valence-electron chi connectivity index (χ4n) is 0.114. The molecule has 0 aliphatic rings. The van der Waals surface area contributed by atoms with Crippen molar-refractivity contribution >= 4 is 40.2 Å². The Morgan fingerprint density at radius 3 is 2.29 bits per heavy atom. The van der Waals surface area contributed by atoms with E-state index < -0.39 is 0 Å². The first-order valence-electron chi connectivity index (χ1n) is 1.97. The normalized spacial score (nSPS) is 10.3. The molecule has 0 aromatic heterocycles. The van der Waals surface area contributed by atoms with Gasteiger partial charge < -0.3 is 0 Å². The molecule has 0 amide bonds. The van der Waals surface area contributed by atoms with Gasteiger partial charge in [-0.15, -0.1) is 0 Å². The highest BCUT2D eigenvalue weighted by molar-refractivity contribution is 14.2. The Balaban J connectivity index is 2.68. The molecule has 1 N–H and O–H groups in total. The molecule has 0 aromatic rings. The fraction of sp³-hybridized carbons (Fsp3) is 1.00. The second-order valence-electron chi connectivity index (χ2n) is 1.42. The van der Waals surface area contributed by atoms with Crippen molar-refractivity contribution in [3.8, 4) is 0 Å². The molecule has 0 bridgehead atoms. The zero-order valence-electron chi connectivity index (χ0n) is 4.27. The molecule has 0 unspecified atom stereocenters. The van der Waals surface area contributed by atoms with E-state index in [1.165, 1.54) is 0 Å². The summed E-state index contributed by atoms with van der Waals surface area (Å²) < 4.78 is 3.17. The summed E-state index contributed by atoms with van der Waals surface area (Å²) in [6, 6.07) is 0.590. The first kappa shape index (κ1) is 8.39. The van der Waals surface area contributed by atoms with Gasteiger partial charge in [0.05, 0.1) is 0 Å². The van der Waals surface area contributed by atoms with Gasteiger partial charge in [-0.05, 0) is 32.8 Å². The number of halogens is 1. The van der Waals surface area contributed by atoms with E-state index in [0.717, 1.165) is 0 Å². The summed E-state index contributed by atoms with van der Waals surface area (Å²) in [6.45, 7) is 4.25. The lowest BCUT2D eigenvalue weighted by Crippen LogP contribution is -2.11. The molecule has 0 aliphatic heterocycles. The Morgan fingerprint density at radius 2 is 2.14 bits per heavy atom. The van der Waals surface area contributed by atoms with E-state index in [4.69, 9.17) is 0 Å². The van der Waals surface area contributed by atoms with Crippen LogP contribution in [0.4, 0.5) is 0 Å². The number of rotatable bonds is 3. The first-order valence-corrected chi connectivity index (χ1v) is 6.66. The molecule has 0 aliphatic carbocycles. The molecule has 4 heteroatoms. The zero-order valence-corrected chi connectivity index (χ0v) is 8.06. The lowest BCUT2D eigenvalue weighted by molar-refractivity contribution is 0.775. The molecular formula is C3H8INS2. The maximum atomic E-state index is 3.17. The highest BCUT2D eigenvalue weighted by atomic mass is 127. The summed E-state index contributed by atoms with van der Waals surface area (Å²) in [5, 5.41) is 0. The quantitative estimate of drug-likeness (QED) is 0.469. The van der Waals surface area contributed by atoms with Crippen molar-refractivity contribution in [3.05, 3.63) is 0 Å². The maximum absolute atomic E-state index is 3.17. The van der Waals surface area contributed by atoms with Crippen molar-refractivity contribution in [2.75, 3.05) is 0 Å². The molecule has 0 radical (unpaired) electrons. The predicted molar refractivity (Wildman–Crippen MR) is 47.5 cm³/mol. The van der Waals surface area contributed by atoms with E-state index in [1.807, 2.05) is 0 Å². The molecule has 44 valence electrons. The minimum Gasteiger partial charge on any atom is -0.252 e. The van der Waals surface area contributed by atoms with Crippen LogP contribution in [0.3, 0.4) is 0 Å². The van der Waals surface area contributed by atoms with Gasteiger partial charge in [0.2, 0.25) is 0 Å². The van der Waals surface area contributed by atoms with Crippen LogP contribution in [-0.4, -0.2) is 6.04 Å². The molecule has 0 saturated heterocycles. The van der Waals surface area contributed by atoms with Crippen molar-refractivity contribution in [2.45, 2.75) is 19.9 Å². The van der Waals surface area contributed by atoms with Crippen molar-refractivity contribution < 1.29 is 0 Å². The summed E-state index contributed by atoms with van der Waals surface area (Å²) in [7, 11) is 3.38. The van der Waals surface area contributed by atoms with E-state index in [2.05, 4.69) is 39.8 Å². The summed E-state index contributed by atoms with van der Waals surface area (Å²) >= 11 is 2.24. The monoisotopic (exact) mass is 249 g/mol. The maximum Gasteiger partial charge on any atom is 0.0123 e. The van der Waals surface area contributed by atoms with Crippen LogP contribution in [-0.2, 0) is 0 Å². The first-order chi connectivity index (χ1) is 3.27. The number of nitrogens with one attached hydrogen (secondary N) is 1. The van der Waals surface area contributed by atoms with Crippen LogP contribution in [0.15, 0.2) is 0 Å². The van der Waals surface area contributed by atoms with E-state index in [9.17, 15) is 0 Å². The minimum atomic E-state index is 0.590. The Hall–Kier alpha value is 1.39. The van der Waals surface area contributed by atoms with Gasteiger partial charge in [0.25, 0.3) is 0 Å². The Kier molecular flexibility index (Phi) is 6.62. The Labute approximate surface area is 64.5 Å². The third-order valence-corrected chi connectivity index (χ3v) is 3.04. The molecule has 0 fully saturated rings. The average Bonchev–Trinajstić information content (AvgIpc) is 1.61. The van der Waals surface area contributed by atoms with Crippen LogP contribution in [0, 0.1) is 0 Å². The van der Waals surface area contributed by atoms with E-state index in [-0.39, 0.29) is 0 Å². The largest absolute Gasteiger partial charge is 0.252 e. The van der Waals surface area contributed by atoms with Gasteiger partial charge in [0.1, 0.15) is 0 Å². The second kappa shape index (κ2) is 5.53. The molecule has 1 nitrogen and oxygen atoms in total. The third-order valence-electron chi connectivity index (χ3n) is 0.315. The van der Waals surface area contributed by atoms with Crippen LogP contribution in [0.2, 0.25) is 0 Å². The predicted octanol–water partition coefficient (Wildman–Crippen LogP) is 2.63. The zero-order chi connectivity index (χ0) is 5.70. The van der Waals surface area contributed by atoms with Crippen LogP contribution < -0.4 is 4.72 Å². The third kappa shape index (κ3) is 7.39. The molecule has 0 spiro atoms. The smallest absolute Gasteiger partial charge is 0.0123 e. The van der Waals surface area contributed by atoms with E-state index >= 15 is 0 Å². The van der Waals surface area contributed by atoms with Crippen LogP contribution >= 0.6 is 40.2 Å².